The average molecular weight is 359 g/mol. The molecule has 1 unspecified atom stereocenters. The molecule has 0 fully saturated rings. The number of hydrogen-bond donors (Lipinski definition) is 0. The summed E-state index contributed by atoms with van der Waals surface area (Å²) in [6, 6.07) is 15.1. The van der Waals surface area contributed by atoms with Crippen LogP contribution in [0, 0.1) is 0 Å². The Labute approximate surface area is 157 Å². The third-order valence-corrected chi connectivity index (χ3v) is 5.36. The Morgan fingerprint density at radius 3 is 2.93 bits per heavy atom. The van der Waals surface area contributed by atoms with Gasteiger partial charge in [0.1, 0.15) is 24.1 Å². The highest BCUT2D eigenvalue weighted by Crippen LogP contribution is 2.34. The minimum absolute atomic E-state index is 0.273. The highest BCUT2D eigenvalue weighted by molar-refractivity contribution is 5.96. The normalized spacial score (nSPS) is 15.7. The van der Waals surface area contributed by atoms with E-state index in [1.807, 2.05) is 4.68 Å². The molecule has 0 spiro atoms. The number of rotatable bonds is 4. The molecule has 1 aliphatic rings. The lowest BCUT2D eigenvalue weighted by molar-refractivity contribution is 0.203. The van der Waals surface area contributed by atoms with Gasteiger partial charge >= 0.3 is 0 Å². The van der Waals surface area contributed by atoms with Gasteiger partial charge in [0.2, 0.25) is 0 Å². The van der Waals surface area contributed by atoms with Crippen molar-refractivity contribution in [3.63, 3.8) is 0 Å². The van der Waals surface area contributed by atoms with Crippen molar-refractivity contribution in [3.05, 3.63) is 66.4 Å². The first-order valence-corrected chi connectivity index (χ1v) is 9.31. The van der Waals surface area contributed by atoms with Gasteiger partial charge in [-0.05, 0) is 17.7 Å². The van der Waals surface area contributed by atoms with Crippen LogP contribution >= 0.6 is 0 Å². The summed E-state index contributed by atoms with van der Waals surface area (Å²) in [5, 5.41) is 11.1. The summed E-state index contributed by atoms with van der Waals surface area (Å²) in [5.41, 5.74) is 3.33. The zero-order chi connectivity index (χ0) is 18.2. The van der Waals surface area contributed by atoms with Gasteiger partial charge in [0, 0.05) is 37.2 Å². The van der Waals surface area contributed by atoms with E-state index in [0.29, 0.717) is 0 Å². The molecule has 2 aromatic carbocycles. The van der Waals surface area contributed by atoms with E-state index in [9.17, 15) is 0 Å². The molecule has 0 bridgehead atoms. The smallest absolute Gasteiger partial charge is 0.143 e. The van der Waals surface area contributed by atoms with Crippen molar-refractivity contribution in [2.24, 2.45) is 0 Å². The van der Waals surface area contributed by atoms with Gasteiger partial charge < -0.3 is 4.52 Å². The van der Waals surface area contributed by atoms with E-state index >= 15 is 0 Å². The van der Waals surface area contributed by atoms with Crippen LogP contribution < -0.4 is 0 Å². The van der Waals surface area contributed by atoms with Crippen molar-refractivity contribution < 1.29 is 4.52 Å². The fourth-order valence-corrected chi connectivity index (χ4v) is 3.97. The van der Waals surface area contributed by atoms with Crippen molar-refractivity contribution in [1.29, 1.82) is 0 Å². The molecular formula is C21H21N5O. The SMILES string of the molecule is CC(CN1CCc2onc(-c3cccc4ccccc34)c2C1)n1cncn1. The van der Waals surface area contributed by atoms with Crippen molar-refractivity contribution in [1.82, 2.24) is 24.8 Å². The number of nitrogens with zero attached hydrogens (tertiary/aromatic N) is 5. The molecule has 136 valence electrons. The fourth-order valence-electron chi connectivity index (χ4n) is 3.97. The Kier molecular flexibility index (Phi) is 3.98. The van der Waals surface area contributed by atoms with E-state index in [2.05, 4.69) is 69.5 Å². The average Bonchev–Trinajstić information content (AvgIpc) is 3.37. The quantitative estimate of drug-likeness (QED) is 0.556. The first-order valence-electron chi connectivity index (χ1n) is 9.31. The minimum Gasteiger partial charge on any atom is -0.360 e. The maximum Gasteiger partial charge on any atom is 0.143 e. The monoisotopic (exact) mass is 359 g/mol. The second-order valence-electron chi connectivity index (χ2n) is 7.17. The number of benzene rings is 2. The Bertz CT molecular complexity index is 1060. The topological polar surface area (TPSA) is 60.0 Å². The van der Waals surface area contributed by atoms with Crippen molar-refractivity contribution >= 4 is 10.8 Å². The Morgan fingerprint density at radius 2 is 2.04 bits per heavy atom. The molecule has 0 saturated heterocycles. The summed E-state index contributed by atoms with van der Waals surface area (Å²) >= 11 is 0. The summed E-state index contributed by atoms with van der Waals surface area (Å²) in [6.45, 7) is 4.90. The molecule has 1 atom stereocenters. The van der Waals surface area contributed by atoms with Crippen LogP contribution in [0.15, 0.2) is 59.6 Å². The first kappa shape index (κ1) is 16.2. The van der Waals surface area contributed by atoms with E-state index in [-0.39, 0.29) is 6.04 Å². The second kappa shape index (κ2) is 6.63. The van der Waals surface area contributed by atoms with Crippen molar-refractivity contribution in [3.8, 4) is 11.3 Å². The molecule has 5 rings (SSSR count). The molecule has 27 heavy (non-hydrogen) atoms. The molecule has 3 heterocycles. The lowest BCUT2D eigenvalue weighted by Crippen LogP contribution is -2.34. The van der Waals surface area contributed by atoms with Crippen LogP contribution in [0.3, 0.4) is 0 Å². The molecule has 6 nitrogen and oxygen atoms in total. The largest absolute Gasteiger partial charge is 0.360 e. The summed E-state index contributed by atoms with van der Waals surface area (Å²) in [5.74, 6) is 1.02. The highest BCUT2D eigenvalue weighted by atomic mass is 16.5. The number of fused-ring (bicyclic) bond motifs is 2. The molecule has 0 N–H and O–H groups in total. The molecule has 1 aliphatic heterocycles. The van der Waals surface area contributed by atoms with Crippen LogP contribution in [0.2, 0.25) is 0 Å². The van der Waals surface area contributed by atoms with Crippen molar-refractivity contribution in [2.45, 2.75) is 25.9 Å². The Balaban J connectivity index is 1.46. The molecule has 6 heteroatoms. The minimum atomic E-state index is 0.273. The molecule has 0 radical (unpaired) electrons. The molecule has 0 amide bonds. The number of aromatic nitrogens is 4. The van der Waals surface area contributed by atoms with Gasteiger partial charge in [-0.2, -0.15) is 5.10 Å². The van der Waals surface area contributed by atoms with Gasteiger partial charge in [0.15, 0.2) is 0 Å². The standard InChI is InChI=1S/C21H21N5O/c1-15(26-14-22-13-23-26)11-25-10-9-20-19(12-25)21(24-27-20)18-8-4-6-16-5-2-3-7-17(16)18/h2-8,13-15H,9-12H2,1H3. The van der Waals surface area contributed by atoms with Gasteiger partial charge in [-0.1, -0.05) is 47.6 Å². The predicted molar refractivity (Wildman–Crippen MR) is 103 cm³/mol. The van der Waals surface area contributed by atoms with E-state index in [4.69, 9.17) is 4.52 Å². The van der Waals surface area contributed by atoms with Gasteiger partial charge in [-0.15, -0.1) is 0 Å². The van der Waals surface area contributed by atoms with Crippen LogP contribution in [0.1, 0.15) is 24.3 Å². The third-order valence-electron chi connectivity index (χ3n) is 5.36. The zero-order valence-electron chi connectivity index (χ0n) is 15.2. The summed E-state index contributed by atoms with van der Waals surface area (Å²) in [6.07, 6.45) is 4.25. The van der Waals surface area contributed by atoms with E-state index in [1.54, 1.807) is 12.7 Å². The predicted octanol–water partition coefficient (Wildman–Crippen LogP) is 3.71. The summed E-state index contributed by atoms with van der Waals surface area (Å²) < 4.78 is 7.62. The van der Waals surface area contributed by atoms with Crippen molar-refractivity contribution in [2.75, 3.05) is 13.1 Å². The van der Waals surface area contributed by atoms with Crippen LogP contribution in [-0.4, -0.2) is 37.9 Å². The summed E-state index contributed by atoms with van der Waals surface area (Å²) in [7, 11) is 0. The second-order valence-corrected chi connectivity index (χ2v) is 7.17. The maximum atomic E-state index is 5.71. The zero-order valence-corrected chi connectivity index (χ0v) is 15.2. The van der Waals surface area contributed by atoms with Crippen LogP contribution in [0.5, 0.6) is 0 Å². The number of hydrogen-bond acceptors (Lipinski definition) is 5. The Morgan fingerprint density at radius 1 is 1.15 bits per heavy atom. The van der Waals surface area contributed by atoms with Crippen LogP contribution in [-0.2, 0) is 13.0 Å². The van der Waals surface area contributed by atoms with E-state index in [1.165, 1.54) is 16.3 Å². The highest BCUT2D eigenvalue weighted by Gasteiger charge is 2.26. The van der Waals surface area contributed by atoms with Gasteiger partial charge in [-0.25, -0.2) is 9.67 Å². The van der Waals surface area contributed by atoms with E-state index in [0.717, 1.165) is 43.1 Å². The lowest BCUT2D eigenvalue weighted by Gasteiger charge is -2.28. The van der Waals surface area contributed by atoms with E-state index < -0.39 is 0 Å². The lowest BCUT2D eigenvalue weighted by atomic mass is 9.97. The molecule has 0 aliphatic carbocycles. The fraction of sp³-hybridized carbons (Fsp3) is 0.286. The Hall–Kier alpha value is -2.99. The first-order chi connectivity index (χ1) is 13.3. The van der Waals surface area contributed by atoms with Crippen LogP contribution in [0.25, 0.3) is 22.0 Å². The molecule has 0 saturated carbocycles. The molecule has 4 aromatic rings. The van der Waals surface area contributed by atoms with Gasteiger partial charge in [0.05, 0.1) is 6.04 Å². The maximum absolute atomic E-state index is 5.71. The summed E-state index contributed by atoms with van der Waals surface area (Å²) in [4.78, 5) is 6.50. The van der Waals surface area contributed by atoms with Gasteiger partial charge in [0.25, 0.3) is 0 Å². The van der Waals surface area contributed by atoms with Crippen LogP contribution in [0.4, 0.5) is 0 Å². The molecular weight excluding hydrogens is 338 g/mol. The third kappa shape index (κ3) is 2.92. The molecule has 2 aromatic heterocycles. The van der Waals surface area contributed by atoms with Gasteiger partial charge in [-0.3, -0.25) is 4.90 Å².